The van der Waals surface area contributed by atoms with Crippen molar-refractivity contribution in [2.45, 2.75) is 18.7 Å². The highest BCUT2D eigenvalue weighted by Gasteiger charge is 2.44. The van der Waals surface area contributed by atoms with Gasteiger partial charge in [0.15, 0.2) is 0 Å². The Hall–Kier alpha value is -2.73. The van der Waals surface area contributed by atoms with E-state index in [0.717, 1.165) is 5.56 Å². The van der Waals surface area contributed by atoms with Crippen LogP contribution in [0.1, 0.15) is 15.9 Å². The maximum Gasteiger partial charge on any atom is 0.254 e. The topological polar surface area (TPSA) is 49.9 Å². The van der Waals surface area contributed by atoms with Gasteiger partial charge < -0.3 is 14.5 Å². The Kier molecular flexibility index (Phi) is 4.42. The molecular formula is C20H19FN2O3. The van der Waals surface area contributed by atoms with Crippen molar-refractivity contribution in [1.29, 1.82) is 0 Å². The lowest BCUT2D eigenvalue weighted by molar-refractivity contribution is -0.153. The second-order valence-electron chi connectivity index (χ2n) is 6.64. The van der Waals surface area contributed by atoms with Crippen molar-refractivity contribution >= 4 is 11.8 Å². The Labute approximate surface area is 151 Å². The van der Waals surface area contributed by atoms with Crippen LogP contribution in [0, 0.1) is 5.82 Å². The molecule has 2 aliphatic heterocycles. The van der Waals surface area contributed by atoms with Crippen LogP contribution in [0.3, 0.4) is 0 Å². The van der Waals surface area contributed by atoms with Crippen LogP contribution in [0.15, 0.2) is 54.6 Å². The molecule has 2 amide bonds. The zero-order valence-electron chi connectivity index (χ0n) is 14.2. The Morgan fingerprint density at radius 2 is 1.81 bits per heavy atom. The van der Waals surface area contributed by atoms with E-state index in [1.165, 1.54) is 12.1 Å². The van der Waals surface area contributed by atoms with Crippen LogP contribution < -0.4 is 0 Å². The number of fused-ring (bicyclic) bond motifs is 1. The molecular weight excluding hydrogens is 335 g/mol. The van der Waals surface area contributed by atoms with Gasteiger partial charge in [0.2, 0.25) is 5.91 Å². The van der Waals surface area contributed by atoms with Crippen molar-refractivity contribution in [1.82, 2.24) is 9.80 Å². The van der Waals surface area contributed by atoms with Crippen molar-refractivity contribution in [3.05, 3.63) is 71.5 Å². The molecule has 134 valence electrons. The lowest BCUT2D eigenvalue weighted by Gasteiger charge is -2.36. The maximum absolute atomic E-state index is 13.1. The van der Waals surface area contributed by atoms with Crippen molar-refractivity contribution < 1.29 is 18.7 Å². The molecule has 0 spiro atoms. The van der Waals surface area contributed by atoms with Gasteiger partial charge in [-0.1, -0.05) is 30.3 Å². The molecule has 2 aromatic carbocycles. The minimum Gasteiger partial charge on any atom is -0.364 e. The third-order valence-electron chi connectivity index (χ3n) is 4.95. The largest absolute Gasteiger partial charge is 0.364 e. The molecule has 5 nitrogen and oxygen atoms in total. The molecule has 4 rings (SSSR count). The van der Waals surface area contributed by atoms with E-state index in [1.807, 2.05) is 18.2 Å². The number of benzene rings is 2. The Morgan fingerprint density at radius 3 is 2.54 bits per heavy atom. The highest BCUT2D eigenvalue weighted by atomic mass is 19.1. The molecule has 0 aromatic heterocycles. The van der Waals surface area contributed by atoms with E-state index in [4.69, 9.17) is 4.74 Å². The Bertz CT molecular complexity index is 810. The monoisotopic (exact) mass is 354 g/mol. The third-order valence-corrected chi connectivity index (χ3v) is 4.95. The number of morpholine rings is 1. The second kappa shape index (κ2) is 6.88. The summed E-state index contributed by atoms with van der Waals surface area (Å²) in [5, 5.41) is 0. The quantitative estimate of drug-likeness (QED) is 0.848. The van der Waals surface area contributed by atoms with Crippen LogP contribution in [0.2, 0.25) is 0 Å². The van der Waals surface area contributed by atoms with E-state index >= 15 is 0 Å². The number of hydrogen-bond donors (Lipinski definition) is 0. The first-order valence-corrected chi connectivity index (χ1v) is 8.61. The molecule has 0 saturated carbocycles. The summed E-state index contributed by atoms with van der Waals surface area (Å²) >= 11 is 0. The summed E-state index contributed by atoms with van der Waals surface area (Å²) in [6.45, 7) is 1.30. The number of likely N-dealkylation sites (tertiary alicyclic amines) is 1. The minimum atomic E-state index is -0.305. The zero-order valence-corrected chi connectivity index (χ0v) is 14.2. The van der Waals surface area contributed by atoms with E-state index in [1.54, 1.807) is 34.1 Å². The molecule has 6 heteroatoms. The van der Waals surface area contributed by atoms with Crippen LogP contribution >= 0.6 is 0 Å². The molecule has 2 atom stereocenters. The van der Waals surface area contributed by atoms with E-state index in [9.17, 15) is 14.0 Å². The van der Waals surface area contributed by atoms with Gasteiger partial charge in [0.1, 0.15) is 12.4 Å². The van der Waals surface area contributed by atoms with Gasteiger partial charge in [-0.25, -0.2) is 4.39 Å². The average Bonchev–Trinajstić information content (AvgIpc) is 3.10. The fourth-order valence-electron chi connectivity index (χ4n) is 3.59. The summed E-state index contributed by atoms with van der Waals surface area (Å²) in [4.78, 5) is 28.6. The number of nitrogens with zero attached hydrogens (tertiary/aromatic N) is 2. The van der Waals surface area contributed by atoms with E-state index < -0.39 is 0 Å². The zero-order chi connectivity index (χ0) is 18.1. The summed E-state index contributed by atoms with van der Waals surface area (Å²) < 4.78 is 18.8. The van der Waals surface area contributed by atoms with E-state index in [2.05, 4.69) is 0 Å². The number of halogens is 1. The molecule has 0 radical (unpaired) electrons. The van der Waals surface area contributed by atoms with Gasteiger partial charge in [-0.2, -0.15) is 0 Å². The van der Waals surface area contributed by atoms with Gasteiger partial charge in [0.25, 0.3) is 5.91 Å². The van der Waals surface area contributed by atoms with Gasteiger partial charge in [0, 0.05) is 25.2 Å². The molecule has 26 heavy (non-hydrogen) atoms. The second-order valence-corrected chi connectivity index (χ2v) is 6.64. The number of carbonyl (C=O) groups is 2. The SMILES string of the molecule is O=C(c1ccccc1)N1C[C@@H]2OCC(=O)N(Cc3ccc(F)cc3)[C@@H]2C1. The number of amides is 2. The Balaban J connectivity index is 1.51. The first-order chi connectivity index (χ1) is 12.6. The normalized spacial score (nSPS) is 22.4. The standard InChI is InChI=1S/C20H19FN2O3/c21-16-8-6-14(7-9-16)10-23-17-11-22(12-18(17)26-13-19(23)24)20(25)15-4-2-1-3-5-15/h1-9,17-18H,10-13H2/t17-,18+/m1/s1. The minimum absolute atomic E-state index is 0.00965. The van der Waals surface area contributed by atoms with Crippen LogP contribution in [0.5, 0.6) is 0 Å². The third kappa shape index (κ3) is 3.20. The summed E-state index contributed by atoms with van der Waals surface area (Å²) in [6.07, 6.45) is -0.194. The summed E-state index contributed by atoms with van der Waals surface area (Å²) in [5.41, 5.74) is 1.48. The summed E-state index contributed by atoms with van der Waals surface area (Å²) in [7, 11) is 0. The molecule has 2 aliphatic rings. The van der Waals surface area contributed by atoms with Gasteiger partial charge in [0.05, 0.1) is 12.1 Å². The van der Waals surface area contributed by atoms with Crippen molar-refractivity contribution in [3.63, 3.8) is 0 Å². The van der Waals surface area contributed by atoms with Crippen LogP contribution in [-0.2, 0) is 16.1 Å². The fraction of sp³-hybridized carbons (Fsp3) is 0.300. The number of hydrogen-bond acceptors (Lipinski definition) is 3. The van der Waals surface area contributed by atoms with E-state index in [0.29, 0.717) is 25.2 Å². The highest BCUT2D eigenvalue weighted by molar-refractivity contribution is 5.94. The predicted octanol–water partition coefficient (Wildman–Crippen LogP) is 2.08. The van der Waals surface area contributed by atoms with Crippen molar-refractivity contribution in [2.75, 3.05) is 19.7 Å². The van der Waals surface area contributed by atoms with Gasteiger partial charge in [-0.3, -0.25) is 9.59 Å². The van der Waals surface area contributed by atoms with E-state index in [-0.39, 0.29) is 36.4 Å². The summed E-state index contributed by atoms with van der Waals surface area (Å²) in [6, 6.07) is 15.0. The lowest BCUT2D eigenvalue weighted by atomic mass is 10.1. The smallest absolute Gasteiger partial charge is 0.254 e. The van der Waals surface area contributed by atoms with Gasteiger partial charge in [-0.15, -0.1) is 0 Å². The lowest BCUT2D eigenvalue weighted by Crippen LogP contribution is -2.53. The average molecular weight is 354 g/mol. The molecule has 0 bridgehead atoms. The molecule has 2 heterocycles. The predicted molar refractivity (Wildman–Crippen MR) is 92.8 cm³/mol. The van der Waals surface area contributed by atoms with Gasteiger partial charge >= 0.3 is 0 Å². The highest BCUT2D eigenvalue weighted by Crippen LogP contribution is 2.26. The molecule has 0 aliphatic carbocycles. The number of rotatable bonds is 3. The molecule has 0 unspecified atom stereocenters. The first-order valence-electron chi connectivity index (χ1n) is 8.61. The Morgan fingerprint density at radius 1 is 1.08 bits per heavy atom. The first kappa shape index (κ1) is 16.7. The molecule has 0 N–H and O–H groups in total. The van der Waals surface area contributed by atoms with Gasteiger partial charge in [-0.05, 0) is 29.8 Å². The van der Waals surface area contributed by atoms with Crippen LogP contribution in [0.25, 0.3) is 0 Å². The number of carbonyl (C=O) groups excluding carboxylic acids is 2. The molecule has 2 aromatic rings. The van der Waals surface area contributed by atoms with Crippen molar-refractivity contribution in [2.24, 2.45) is 0 Å². The van der Waals surface area contributed by atoms with Crippen LogP contribution in [0.4, 0.5) is 4.39 Å². The van der Waals surface area contributed by atoms with Crippen LogP contribution in [-0.4, -0.2) is 53.5 Å². The number of ether oxygens (including phenoxy) is 1. The molecule has 2 saturated heterocycles. The summed E-state index contributed by atoms with van der Waals surface area (Å²) in [5.74, 6) is -0.470. The fourth-order valence-corrected chi connectivity index (χ4v) is 3.59. The van der Waals surface area contributed by atoms with Crippen molar-refractivity contribution in [3.8, 4) is 0 Å². The molecule has 2 fully saturated rings. The maximum atomic E-state index is 13.1.